The lowest BCUT2D eigenvalue weighted by Gasteiger charge is -2.25. The fraction of sp³-hybridized carbons (Fsp3) is 0.833. The Morgan fingerprint density at radius 2 is 1.75 bits per heavy atom. The molecule has 4 heteroatoms. The van der Waals surface area contributed by atoms with Gasteiger partial charge in [-0.1, -0.05) is 26.7 Å². The van der Waals surface area contributed by atoms with E-state index in [9.17, 15) is 9.59 Å². The van der Waals surface area contributed by atoms with E-state index in [1.54, 1.807) is 6.92 Å². The van der Waals surface area contributed by atoms with Crippen molar-refractivity contribution in [3.05, 3.63) is 0 Å². The minimum atomic E-state index is -0.242. The fourth-order valence-corrected chi connectivity index (χ4v) is 1.85. The molecule has 1 amide bonds. The molecule has 0 saturated heterocycles. The minimum absolute atomic E-state index is 0.0961. The second-order valence-corrected chi connectivity index (χ2v) is 3.89. The average molecular weight is 229 g/mol. The van der Waals surface area contributed by atoms with E-state index in [0.29, 0.717) is 12.5 Å². The highest BCUT2D eigenvalue weighted by Crippen LogP contribution is 2.16. The minimum Gasteiger partial charge on any atom is -0.466 e. The summed E-state index contributed by atoms with van der Waals surface area (Å²) in [5.41, 5.74) is 0. The van der Waals surface area contributed by atoms with Crippen LogP contribution in [0.25, 0.3) is 0 Å². The molecule has 0 fully saturated rings. The van der Waals surface area contributed by atoms with Gasteiger partial charge in [-0.25, -0.2) is 0 Å². The molecule has 0 unspecified atom stereocenters. The van der Waals surface area contributed by atoms with Crippen LogP contribution >= 0.6 is 0 Å². The van der Waals surface area contributed by atoms with Gasteiger partial charge in [0.05, 0.1) is 13.0 Å². The molecule has 16 heavy (non-hydrogen) atoms. The Labute approximate surface area is 97.7 Å². The first-order valence-electron chi connectivity index (χ1n) is 5.97. The Kier molecular flexibility index (Phi) is 7.60. The standard InChI is InChI=1S/C12H23NO3/c1-5-10(6-2)11(13-9(4)14)8-12(15)16-7-3/h10-11H,5-8H2,1-4H3,(H,13,14)/t11-/m0/s1. The number of ether oxygens (including phenoxy) is 1. The highest BCUT2D eigenvalue weighted by molar-refractivity contribution is 5.75. The quantitative estimate of drug-likeness (QED) is 0.678. The number of rotatable bonds is 7. The Bertz CT molecular complexity index is 224. The maximum absolute atomic E-state index is 11.4. The number of carbonyl (C=O) groups excluding carboxylic acids is 2. The van der Waals surface area contributed by atoms with Gasteiger partial charge in [0.1, 0.15) is 0 Å². The number of esters is 1. The van der Waals surface area contributed by atoms with Gasteiger partial charge in [0.2, 0.25) is 5.91 Å². The molecule has 0 rings (SSSR count). The summed E-state index contributed by atoms with van der Waals surface area (Å²) in [6.45, 7) is 7.76. The summed E-state index contributed by atoms with van der Waals surface area (Å²) in [6.07, 6.45) is 2.15. The molecule has 0 radical (unpaired) electrons. The first-order valence-corrected chi connectivity index (χ1v) is 5.97. The maximum atomic E-state index is 11.4. The third kappa shape index (κ3) is 5.73. The molecule has 4 nitrogen and oxygen atoms in total. The molecule has 0 aromatic rings. The van der Waals surface area contributed by atoms with E-state index in [-0.39, 0.29) is 24.3 Å². The van der Waals surface area contributed by atoms with Crippen LogP contribution in [0.3, 0.4) is 0 Å². The van der Waals surface area contributed by atoms with Gasteiger partial charge >= 0.3 is 5.97 Å². The fourth-order valence-electron chi connectivity index (χ4n) is 1.85. The lowest BCUT2D eigenvalue weighted by atomic mass is 9.92. The zero-order chi connectivity index (χ0) is 12.6. The highest BCUT2D eigenvalue weighted by Gasteiger charge is 2.22. The molecule has 0 aromatic carbocycles. The molecule has 0 bridgehead atoms. The Balaban J connectivity index is 4.40. The molecule has 0 heterocycles. The van der Waals surface area contributed by atoms with Crippen molar-refractivity contribution >= 4 is 11.9 Å². The number of carbonyl (C=O) groups is 2. The molecule has 0 saturated carbocycles. The summed E-state index contributed by atoms with van der Waals surface area (Å²) in [6, 6.07) is -0.105. The van der Waals surface area contributed by atoms with Crippen molar-refractivity contribution in [2.24, 2.45) is 5.92 Å². The van der Waals surface area contributed by atoms with E-state index in [1.807, 2.05) is 0 Å². The SMILES string of the molecule is CCOC(=O)C[C@H](NC(C)=O)C(CC)CC. The van der Waals surface area contributed by atoms with Crippen LogP contribution < -0.4 is 5.32 Å². The van der Waals surface area contributed by atoms with Crippen molar-refractivity contribution in [3.8, 4) is 0 Å². The van der Waals surface area contributed by atoms with Crippen molar-refractivity contribution in [3.63, 3.8) is 0 Å². The molecule has 0 aliphatic carbocycles. The van der Waals surface area contributed by atoms with E-state index in [1.165, 1.54) is 6.92 Å². The van der Waals surface area contributed by atoms with Crippen LogP contribution in [-0.4, -0.2) is 24.5 Å². The van der Waals surface area contributed by atoms with Gasteiger partial charge in [-0.05, 0) is 12.8 Å². The van der Waals surface area contributed by atoms with Crippen molar-refractivity contribution in [2.45, 2.75) is 53.0 Å². The van der Waals surface area contributed by atoms with E-state index in [4.69, 9.17) is 4.74 Å². The normalized spacial score (nSPS) is 12.3. The smallest absolute Gasteiger partial charge is 0.307 e. The topological polar surface area (TPSA) is 55.4 Å². The van der Waals surface area contributed by atoms with Crippen LogP contribution in [0.2, 0.25) is 0 Å². The second-order valence-electron chi connectivity index (χ2n) is 3.89. The Hall–Kier alpha value is -1.06. The first kappa shape index (κ1) is 14.9. The number of hydrogen-bond donors (Lipinski definition) is 1. The van der Waals surface area contributed by atoms with Crippen LogP contribution in [0, 0.1) is 5.92 Å². The maximum Gasteiger partial charge on any atom is 0.307 e. The van der Waals surface area contributed by atoms with Gasteiger partial charge in [0.25, 0.3) is 0 Å². The van der Waals surface area contributed by atoms with E-state index in [0.717, 1.165) is 12.8 Å². The van der Waals surface area contributed by atoms with Crippen molar-refractivity contribution in [2.75, 3.05) is 6.61 Å². The highest BCUT2D eigenvalue weighted by atomic mass is 16.5. The van der Waals surface area contributed by atoms with Gasteiger partial charge in [0, 0.05) is 13.0 Å². The monoisotopic (exact) mass is 229 g/mol. The molecule has 0 aliphatic heterocycles. The number of hydrogen-bond acceptors (Lipinski definition) is 3. The van der Waals surface area contributed by atoms with Crippen LogP contribution in [0.1, 0.15) is 47.0 Å². The zero-order valence-electron chi connectivity index (χ0n) is 10.7. The molecule has 0 aromatic heterocycles. The van der Waals surface area contributed by atoms with Crippen molar-refractivity contribution < 1.29 is 14.3 Å². The van der Waals surface area contributed by atoms with Gasteiger partial charge in [-0.15, -0.1) is 0 Å². The van der Waals surface area contributed by atoms with Crippen LogP contribution in [-0.2, 0) is 14.3 Å². The second kappa shape index (κ2) is 8.13. The summed E-state index contributed by atoms with van der Waals surface area (Å²) >= 11 is 0. The van der Waals surface area contributed by atoms with Gasteiger partial charge in [-0.3, -0.25) is 9.59 Å². The predicted molar refractivity (Wildman–Crippen MR) is 62.9 cm³/mol. The van der Waals surface area contributed by atoms with Crippen molar-refractivity contribution in [1.29, 1.82) is 0 Å². The van der Waals surface area contributed by atoms with E-state index >= 15 is 0 Å². The Morgan fingerprint density at radius 3 is 2.12 bits per heavy atom. The molecular weight excluding hydrogens is 206 g/mol. The Morgan fingerprint density at radius 1 is 1.19 bits per heavy atom. The largest absolute Gasteiger partial charge is 0.466 e. The molecule has 94 valence electrons. The van der Waals surface area contributed by atoms with Crippen molar-refractivity contribution in [1.82, 2.24) is 5.32 Å². The van der Waals surface area contributed by atoms with Gasteiger partial charge < -0.3 is 10.1 Å². The molecular formula is C12H23NO3. The lowest BCUT2D eigenvalue weighted by Crippen LogP contribution is -2.40. The summed E-state index contributed by atoms with van der Waals surface area (Å²) in [5, 5.41) is 2.83. The molecule has 0 aliphatic rings. The van der Waals surface area contributed by atoms with Crippen LogP contribution in [0.5, 0.6) is 0 Å². The van der Waals surface area contributed by atoms with Gasteiger partial charge in [0.15, 0.2) is 0 Å². The summed E-state index contributed by atoms with van der Waals surface area (Å²) in [5.74, 6) is -0.0114. The predicted octanol–water partition coefficient (Wildman–Crippen LogP) is 1.88. The number of amides is 1. The molecule has 1 N–H and O–H groups in total. The molecule has 0 spiro atoms. The first-order chi connectivity index (χ1) is 7.54. The average Bonchev–Trinajstić information content (AvgIpc) is 2.18. The van der Waals surface area contributed by atoms with E-state index < -0.39 is 0 Å². The van der Waals surface area contributed by atoms with Crippen LogP contribution in [0.15, 0.2) is 0 Å². The number of nitrogens with one attached hydrogen (secondary N) is 1. The van der Waals surface area contributed by atoms with Crippen LogP contribution in [0.4, 0.5) is 0 Å². The summed E-state index contributed by atoms with van der Waals surface area (Å²) in [4.78, 5) is 22.5. The lowest BCUT2D eigenvalue weighted by molar-refractivity contribution is -0.144. The van der Waals surface area contributed by atoms with Gasteiger partial charge in [-0.2, -0.15) is 0 Å². The molecule has 1 atom stereocenters. The summed E-state index contributed by atoms with van der Waals surface area (Å²) in [7, 11) is 0. The summed E-state index contributed by atoms with van der Waals surface area (Å²) < 4.78 is 4.90. The third-order valence-corrected chi connectivity index (χ3v) is 2.70. The zero-order valence-corrected chi connectivity index (χ0v) is 10.7. The van der Waals surface area contributed by atoms with E-state index in [2.05, 4.69) is 19.2 Å². The third-order valence-electron chi connectivity index (χ3n) is 2.70.